The molecule has 0 aromatic rings. The lowest BCUT2D eigenvalue weighted by atomic mass is 9.94. The van der Waals surface area contributed by atoms with Crippen LogP contribution in [0.3, 0.4) is 0 Å². The lowest BCUT2D eigenvalue weighted by Gasteiger charge is -2.32. The lowest BCUT2D eigenvalue weighted by molar-refractivity contribution is -0.129. The third kappa shape index (κ3) is 7.06. The molecule has 3 fully saturated rings. The van der Waals surface area contributed by atoms with Gasteiger partial charge in [-0.2, -0.15) is 0 Å². The lowest BCUT2D eigenvalue weighted by Crippen LogP contribution is -2.37. The van der Waals surface area contributed by atoms with E-state index in [1.165, 1.54) is 25.7 Å². The van der Waals surface area contributed by atoms with Gasteiger partial charge in [0.2, 0.25) is 0 Å². The number of hydrogen-bond donors (Lipinski definition) is 0. The first kappa shape index (κ1) is 20.5. The van der Waals surface area contributed by atoms with Gasteiger partial charge in [-0.15, -0.1) is 0 Å². The maximum Gasteiger partial charge on any atom is 0.0837 e. The topological polar surface area (TPSA) is 55.4 Å². The summed E-state index contributed by atoms with van der Waals surface area (Å²) in [6.07, 6.45) is 9.93. The average Bonchev–Trinajstić information content (AvgIpc) is 2.68. The smallest absolute Gasteiger partial charge is 0.0837 e. The van der Waals surface area contributed by atoms with E-state index >= 15 is 0 Å². The molecular weight excluding hydrogens is 336 g/mol. The van der Waals surface area contributed by atoms with E-state index in [9.17, 15) is 0 Å². The van der Waals surface area contributed by atoms with Crippen molar-refractivity contribution in [2.24, 2.45) is 0 Å². The average molecular weight is 373 g/mol. The highest BCUT2D eigenvalue weighted by atomic mass is 16.6. The highest BCUT2D eigenvalue weighted by Gasteiger charge is 2.27. The summed E-state index contributed by atoms with van der Waals surface area (Å²) < 4.78 is 35.5. The Bertz CT molecular complexity index is 300. The van der Waals surface area contributed by atoms with Gasteiger partial charge in [0.25, 0.3) is 0 Å². The Kier molecular flexibility index (Phi) is 9.67. The van der Waals surface area contributed by atoms with Gasteiger partial charge in [-0.3, -0.25) is 0 Å². The van der Waals surface area contributed by atoms with Gasteiger partial charge in [-0.05, 0) is 25.7 Å². The van der Waals surface area contributed by atoms with Crippen molar-refractivity contribution in [2.45, 2.75) is 75.8 Å². The molecule has 0 spiro atoms. The fourth-order valence-electron chi connectivity index (χ4n) is 4.13. The maximum absolute atomic E-state index is 6.03. The third-order valence-corrected chi connectivity index (χ3v) is 5.52. The Labute approximate surface area is 157 Å². The predicted molar refractivity (Wildman–Crippen MR) is 97.5 cm³/mol. The molecule has 3 aliphatic rings. The minimum atomic E-state index is 0.189. The monoisotopic (exact) mass is 372 g/mol. The first-order chi connectivity index (χ1) is 12.9. The molecule has 1 aliphatic heterocycles. The van der Waals surface area contributed by atoms with Gasteiger partial charge in [0.15, 0.2) is 0 Å². The molecule has 0 radical (unpaired) electrons. The quantitative estimate of drug-likeness (QED) is 0.652. The van der Waals surface area contributed by atoms with Gasteiger partial charge >= 0.3 is 0 Å². The Morgan fingerprint density at radius 1 is 0.346 bits per heavy atom. The van der Waals surface area contributed by atoms with Crippen LogP contribution in [-0.4, -0.2) is 77.3 Å². The van der Waals surface area contributed by atoms with Crippen LogP contribution in [0.2, 0.25) is 0 Å². The molecule has 152 valence electrons. The van der Waals surface area contributed by atoms with Crippen LogP contribution in [0.15, 0.2) is 0 Å². The highest BCUT2D eigenvalue weighted by Crippen LogP contribution is 2.25. The Morgan fingerprint density at radius 3 is 0.885 bits per heavy atom. The normalized spacial score (nSPS) is 36.9. The maximum atomic E-state index is 6.03. The first-order valence-corrected chi connectivity index (χ1v) is 10.6. The number of rotatable bonds is 0. The molecular formula is C20H36O6. The molecule has 0 aromatic heterocycles. The molecule has 0 bridgehead atoms. The van der Waals surface area contributed by atoms with Gasteiger partial charge in [0.05, 0.1) is 77.3 Å². The molecule has 6 nitrogen and oxygen atoms in total. The number of hydrogen-bond acceptors (Lipinski definition) is 6. The second-order valence-electron chi connectivity index (χ2n) is 7.43. The molecule has 26 heavy (non-hydrogen) atoms. The molecule has 2 saturated carbocycles. The van der Waals surface area contributed by atoms with Crippen LogP contribution < -0.4 is 0 Å². The van der Waals surface area contributed by atoms with Gasteiger partial charge < -0.3 is 28.4 Å². The van der Waals surface area contributed by atoms with Crippen molar-refractivity contribution in [3.05, 3.63) is 0 Å². The van der Waals surface area contributed by atoms with Crippen molar-refractivity contribution in [2.75, 3.05) is 52.9 Å². The molecule has 0 unspecified atom stereocenters. The molecule has 2 aliphatic carbocycles. The second kappa shape index (κ2) is 12.3. The van der Waals surface area contributed by atoms with E-state index in [0.717, 1.165) is 25.7 Å². The van der Waals surface area contributed by atoms with Crippen LogP contribution in [-0.2, 0) is 28.4 Å². The van der Waals surface area contributed by atoms with Crippen molar-refractivity contribution < 1.29 is 28.4 Å². The Balaban J connectivity index is 1.44. The summed E-state index contributed by atoms with van der Waals surface area (Å²) in [7, 11) is 0. The van der Waals surface area contributed by atoms with Crippen LogP contribution in [0.4, 0.5) is 0 Å². The van der Waals surface area contributed by atoms with Gasteiger partial charge in [0, 0.05) is 0 Å². The zero-order valence-electron chi connectivity index (χ0n) is 16.1. The van der Waals surface area contributed by atoms with Crippen LogP contribution >= 0.6 is 0 Å². The molecule has 0 amide bonds. The van der Waals surface area contributed by atoms with E-state index in [1.54, 1.807) is 0 Å². The van der Waals surface area contributed by atoms with Crippen LogP contribution in [0, 0.1) is 0 Å². The second-order valence-corrected chi connectivity index (χ2v) is 7.43. The SMILES string of the molecule is C1CC[C@H]2OCCOCCO[C@@H]3CCCC[C@@H]3OCCOCCO[C@H]2C1. The summed E-state index contributed by atoms with van der Waals surface area (Å²) in [6.45, 7) is 4.93. The molecule has 1 heterocycles. The Morgan fingerprint density at radius 2 is 0.615 bits per heavy atom. The van der Waals surface area contributed by atoms with Gasteiger partial charge in [-0.1, -0.05) is 25.7 Å². The van der Waals surface area contributed by atoms with E-state index in [2.05, 4.69) is 0 Å². The highest BCUT2D eigenvalue weighted by molar-refractivity contribution is 4.77. The molecule has 3 rings (SSSR count). The molecule has 0 N–H and O–H groups in total. The standard InChI is InChI=1S/C20H36O6/c1-2-6-18-17(5-1)23-13-9-21-11-15-25-19-7-3-4-8-20(19)26-16-12-22-10-14-24-18/h17-20H,1-16H2/t17-,18+,19-,20+. The van der Waals surface area contributed by atoms with Crippen molar-refractivity contribution in [1.29, 1.82) is 0 Å². The van der Waals surface area contributed by atoms with E-state index < -0.39 is 0 Å². The van der Waals surface area contributed by atoms with Crippen molar-refractivity contribution in [3.63, 3.8) is 0 Å². The predicted octanol–water partition coefficient (Wildman–Crippen LogP) is 2.72. The van der Waals surface area contributed by atoms with Gasteiger partial charge in [-0.25, -0.2) is 0 Å². The largest absolute Gasteiger partial charge is 0.377 e. The molecule has 1 saturated heterocycles. The summed E-state index contributed by atoms with van der Waals surface area (Å²) in [4.78, 5) is 0. The third-order valence-electron chi connectivity index (χ3n) is 5.52. The summed E-state index contributed by atoms with van der Waals surface area (Å²) in [5, 5.41) is 0. The van der Waals surface area contributed by atoms with Crippen molar-refractivity contribution >= 4 is 0 Å². The molecule has 6 heteroatoms. The first-order valence-electron chi connectivity index (χ1n) is 10.6. The summed E-state index contributed by atoms with van der Waals surface area (Å²) in [6, 6.07) is 0. The molecule has 4 atom stereocenters. The zero-order valence-corrected chi connectivity index (χ0v) is 16.1. The minimum Gasteiger partial charge on any atom is -0.377 e. The van der Waals surface area contributed by atoms with E-state index in [0.29, 0.717) is 52.9 Å². The van der Waals surface area contributed by atoms with Crippen LogP contribution in [0.25, 0.3) is 0 Å². The van der Waals surface area contributed by atoms with E-state index in [-0.39, 0.29) is 24.4 Å². The zero-order chi connectivity index (χ0) is 17.9. The van der Waals surface area contributed by atoms with E-state index in [4.69, 9.17) is 28.4 Å². The van der Waals surface area contributed by atoms with Crippen LogP contribution in [0.1, 0.15) is 51.4 Å². The molecule has 0 aromatic carbocycles. The Hall–Kier alpha value is -0.240. The van der Waals surface area contributed by atoms with Crippen LogP contribution in [0.5, 0.6) is 0 Å². The fraction of sp³-hybridized carbons (Fsp3) is 1.00. The van der Waals surface area contributed by atoms with Gasteiger partial charge in [0.1, 0.15) is 0 Å². The summed E-state index contributed by atoms with van der Waals surface area (Å²) in [5.74, 6) is 0. The minimum absolute atomic E-state index is 0.189. The number of fused-ring (bicyclic) bond motifs is 2. The van der Waals surface area contributed by atoms with Crippen molar-refractivity contribution in [1.82, 2.24) is 0 Å². The fourth-order valence-corrected chi connectivity index (χ4v) is 4.13. The number of ether oxygens (including phenoxy) is 6. The summed E-state index contributed by atoms with van der Waals surface area (Å²) in [5.41, 5.74) is 0. The summed E-state index contributed by atoms with van der Waals surface area (Å²) >= 11 is 0. The van der Waals surface area contributed by atoms with E-state index in [1.807, 2.05) is 0 Å². The van der Waals surface area contributed by atoms with Crippen molar-refractivity contribution in [3.8, 4) is 0 Å².